The van der Waals surface area contributed by atoms with Gasteiger partial charge in [-0.15, -0.1) is 0 Å². The van der Waals surface area contributed by atoms with Gasteiger partial charge in [0, 0.05) is 23.9 Å². The van der Waals surface area contributed by atoms with Gasteiger partial charge in [0.1, 0.15) is 30.1 Å². The normalized spacial score (nSPS) is 17.9. The summed E-state index contributed by atoms with van der Waals surface area (Å²) in [6.45, 7) is 2.92. The number of benzene rings is 2. The van der Waals surface area contributed by atoms with Crippen LogP contribution in [0.15, 0.2) is 60.9 Å². The first-order valence-electron chi connectivity index (χ1n) is 11.2. The van der Waals surface area contributed by atoms with Crippen molar-refractivity contribution >= 4 is 16.9 Å². The van der Waals surface area contributed by atoms with E-state index in [1.807, 2.05) is 30.3 Å². The lowest BCUT2D eigenvalue weighted by molar-refractivity contribution is 0.113. The third-order valence-corrected chi connectivity index (χ3v) is 6.45. The lowest BCUT2D eigenvalue weighted by atomic mass is 9.80. The van der Waals surface area contributed by atoms with Crippen LogP contribution in [0.1, 0.15) is 37.1 Å². The second-order valence-corrected chi connectivity index (χ2v) is 8.48. The number of anilines is 1. The molecule has 0 saturated heterocycles. The van der Waals surface area contributed by atoms with Gasteiger partial charge in [0.15, 0.2) is 0 Å². The fourth-order valence-corrected chi connectivity index (χ4v) is 4.80. The molecule has 0 bridgehead atoms. The molecule has 4 aromatic rings. The minimum Gasteiger partial charge on any atom is -0.489 e. The zero-order valence-corrected chi connectivity index (χ0v) is 18.2. The maximum Gasteiger partial charge on any atom is 0.146 e. The number of hydrogen-bond donors (Lipinski definition) is 2. The van der Waals surface area contributed by atoms with Crippen molar-refractivity contribution in [2.75, 3.05) is 12.3 Å². The van der Waals surface area contributed by atoms with Gasteiger partial charge in [-0.25, -0.2) is 9.97 Å². The Morgan fingerprint density at radius 2 is 1.91 bits per heavy atom. The van der Waals surface area contributed by atoms with Crippen LogP contribution in [-0.2, 0) is 13.0 Å². The summed E-state index contributed by atoms with van der Waals surface area (Å²) in [7, 11) is 0. The molecule has 32 heavy (non-hydrogen) atoms. The highest BCUT2D eigenvalue weighted by Crippen LogP contribution is 2.45. The van der Waals surface area contributed by atoms with E-state index >= 15 is 0 Å². The topological polar surface area (TPSA) is 86.2 Å². The fraction of sp³-hybridized carbons (Fsp3) is 0.308. The van der Waals surface area contributed by atoms with Crippen LogP contribution in [0.5, 0.6) is 5.75 Å². The van der Waals surface area contributed by atoms with E-state index in [-0.39, 0.29) is 6.61 Å². The molecule has 2 aromatic carbocycles. The van der Waals surface area contributed by atoms with E-state index in [0.717, 1.165) is 52.7 Å². The van der Waals surface area contributed by atoms with Crippen LogP contribution in [0.2, 0.25) is 0 Å². The Morgan fingerprint density at radius 1 is 1.09 bits per heavy atom. The molecule has 1 saturated carbocycles. The quantitative estimate of drug-likeness (QED) is 0.443. The molecule has 0 amide bonds. The van der Waals surface area contributed by atoms with Crippen LogP contribution in [0.4, 0.5) is 5.82 Å². The molecule has 2 heterocycles. The standard InChI is InChI=1S/C26H28N4O2/c1-2-22-23(19-9-6-10-21(13-19)32-15-17-7-4-3-5-8-17)24-25(27)28-16-29-26(24)30(22)20-11-18(12-20)14-31/h3-10,13,16,18,20,31H,2,11-12,14-15H2,1H3,(H2,27,28,29)/t18-,20-. The molecule has 0 aliphatic heterocycles. The van der Waals surface area contributed by atoms with Crippen LogP contribution >= 0.6 is 0 Å². The number of nitrogens with two attached hydrogens (primary N) is 1. The number of hydrogen-bond acceptors (Lipinski definition) is 5. The van der Waals surface area contributed by atoms with Crippen LogP contribution in [0.3, 0.4) is 0 Å². The van der Waals surface area contributed by atoms with Gasteiger partial charge in [-0.1, -0.05) is 49.4 Å². The predicted molar refractivity (Wildman–Crippen MR) is 126 cm³/mol. The molecule has 3 N–H and O–H groups in total. The SMILES string of the molecule is CCc1c(-c2cccc(OCc3ccccc3)c2)c2c(N)ncnc2n1[C@H]1C[C@H](CO)C1. The first-order valence-corrected chi connectivity index (χ1v) is 11.2. The highest BCUT2D eigenvalue weighted by molar-refractivity contribution is 6.02. The minimum atomic E-state index is 0.238. The van der Waals surface area contributed by atoms with E-state index in [4.69, 9.17) is 10.5 Å². The second kappa shape index (κ2) is 8.63. The number of aliphatic hydroxyl groups excluding tert-OH is 1. The molecule has 2 aromatic heterocycles. The maximum absolute atomic E-state index is 9.51. The van der Waals surface area contributed by atoms with Gasteiger partial charge in [-0.05, 0) is 48.4 Å². The van der Waals surface area contributed by atoms with Crippen LogP contribution in [-0.4, -0.2) is 26.2 Å². The average Bonchev–Trinajstić information content (AvgIpc) is 3.13. The van der Waals surface area contributed by atoms with Crippen LogP contribution < -0.4 is 10.5 Å². The van der Waals surface area contributed by atoms with E-state index in [1.165, 1.54) is 5.69 Å². The van der Waals surface area contributed by atoms with Crippen molar-refractivity contribution in [3.05, 3.63) is 72.2 Å². The van der Waals surface area contributed by atoms with Crippen molar-refractivity contribution in [2.45, 2.75) is 38.8 Å². The van der Waals surface area contributed by atoms with Crippen molar-refractivity contribution in [1.82, 2.24) is 14.5 Å². The minimum absolute atomic E-state index is 0.238. The summed E-state index contributed by atoms with van der Waals surface area (Å²) in [5.41, 5.74) is 11.7. The zero-order valence-electron chi connectivity index (χ0n) is 18.2. The number of nitrogens with zero attached hydrogens (tertiary/aromatic N) is 3. The molecular weight excluding hydrogens is 400 g/mol. The van der Waals surface area contributed by atoms with E-state index in [1.54, 1.807) is 6.33 Å². The molecule has 6 heteroatoms. The van der Waals surface area contributed by atoms with Crippen molar-refractivity contribution in [3.8, 4) is 16.9 Å². The van der Waals surface area contributed by atoms with Gasteiger partial charge in [-0.3, -0.25) is 0 Å². The number of nitrogen functional groups attached to an aromatic ring is 1. The molecule has 0 radical (unpaired) electrons. The molecule has 0 atom stereocenters. The lowest BCUT2D eigenvalue weighted by Crippen LogP contribution is -2.30. The zero-order chi connectivity index (χ0) is 22.1. The lowest BCUT2D eigenvalue weighted by Gasteiger charge is -2.36. The van der Waals surface area contributed by atoms with Gasteiger partial charge in [0.25, 0.3) is 0 Å². The number of aliphatic hydroxyl groups is 1. The summed E-state index contributed by atoms with van der Waals surface area (Å²) >= 11 is 0. The van der Waals surface area contributed by atoms with Crippen LogP contribution in [0, 0.1) is 5.92 Å². The largest absolute Gasteiger partial charge is 0.489 e. The summed E-state index contributed by atoms with van der Waals surface area (Å²) in [5, 5.41) is 10.4. The smallest absolute Gasteiger partial charge is 0.146 e. The van der Waals surface area contributed by atoms with E-state index < -0.39 is 0 Å². The highest BCUT2D eigenvalue weighted by Gasteiger charge is 2.34. The van der Waals surface area contributed by atoms with Gasteiger partial charge in [0.2, 0.25) is 0 Å². The Balaban J connectivity index is 1.57. The molecule has 1 aliphatic rings. The molecule has 1 aliphatic carbocycles. The van der Waals surface area contributed by atoms with Crippen molar-refractivity contribution in [1.29, 1.82) is 0 Å². The monoisotopic (exact) mass is 428 g/mol. The first kappa shape index (κ1) is 20.5. The Hall–Kier alpha value is -3.38. The molecule has 5 rings (SSSR count). The second-order valence-electron chi connectivity index (χ2n) is 8.48. The summed E-state index contributed by atoms with van der Waals surface area (Å²) in [4.78, 5) is 8.92. The van der Waals surface area contributed by atoms with Crippen molar-refractivity contribution in [3.63, 3.8) is 0 Å². The number of aromatic nitrogens is 3. The fourth-order valence-electron chi connectivity index (χ4n) is 4.80. The molecule has 0 unspecified atom stereocenters. The molecular formula is C26H28N4O2. The van der Waals surface area contributed by atoms with E-state index in [0.29, 0.717) is 24.4 Å². The van der Waals surface area contributed by atoms with Crippen LogP contribution in [0.25, 0.3) is 22.2 Å². The molecule has 6 nitrogen and oxygen atoms in total. The van der Waals surface area contributed by atoms with Gasteiger partial charge in [0.05, 0.1) is 5.39 Å². The average molecular weight is 429 g/mol. The van der Waals surface area contributed by atoms with Gasteiger partial charge >= 0.3 is 0 Å². The summed E-state index contributed by atoms with van der Waals surface area (Å²) < 4.78 is 8.41. The number of rotatable bonds is 7. The Kier molecular flexibility index (Phi) is 5.53. The van der Waals surface area contributed by atoms with Gasteiger partial charge < -0.3 is 20.1 Å². The van der Waals surface area contributed by atoms with Crippen molar-refractivity contribution in [2.24, 2.45) is 5.92 Å². The Bertz CT molecular complexity index is 1230. The Labute approximate surface area is 187 Å². The molecule has 0 spiro atoms. The summed E-state index contributed by atoms with van der Waals surface area (Å²) in [6.07, 6.45) is 4.30. The number of fused-ring (bicyclic) bond motifs is 1. The maximum atomic E-state index is 9.51. The third kappa shape index (κ3) is 3.60. The predicted octanol–water partition coefficient (Wildman–Crippen LogP) is 4.77. The van der Waals surface area contributed by atoms with Crippen molar-refractivity contribution < 1.29 is 9.84 Å². The first-order chi connectivity index (χ1) is 15.7. The number of ether oxygens (including phenoxy) is 1. The Morgan fingerprint density at radius 3 is 2.66 bits per heavy atom. The van der Waals surface area contributed by atoms with E-state index in [2.05, 4.69) is 45.7 Å². The van der Waals surface area contributed by atoms with E-state index in [9.17, 15) is 5.11 Å². The summed E-state index contributed by atoms with van der Waals surface area (Å²) in [5.74, 6) is 1.67. The molecule has 1 fully saturated rings. The highest BCUT2D eigenvalue weighted by atomic mass is 16.5. The van der Waals surface area contributed by atoms with Gasteiger partial charge in [-0.2, -0.15) is 0 Å². The molecule has 164 valence electrons. The third-order valence-electron chi connectivity index (χ3n) is 6.45. The summed E-state index contributed by atoms with van der Waals surface area (Å²) in [6, 6.07) is 18.6.